The highest BCUT2D eigenvalue weighted by molar-refractivity contribution is 5.91. The fourth-order valence-corrected chi connectivity index (χ4v) is 1.92. The van der Waals surface area contributed by atoms with Crippen molar-refractivity contribution in [1.82, 2.24) is 4.98 Å². The molecule has 0 aliphatic carbocycles. The van der Waals surface area contributed by atoms with Crippen molar-refractivity contribution in [3.63, 3.8) is 0 Å². The van der Waals surface area contributed by atoms with Crippen LogP contribution in [0.1, 0.15) is 23.0 Å². The Morgan fingerprint density at radius 3 is 2.38 bits per heavy atom. The molecule has 4 N–H and O–H groups in total. The number of primary amides is 1. The maximum atomic E-state index is 11.7. The van der Waals surface area contributed by atoms with Crippen molar-refractivity contribution in [2.45, 2.75) is 12.5 Å². The minimum Gasteiger partial charge on any atom is -0.479 e. The zero-order valence-electron chi connectivity index (χ0n) is 11.4. The molecule has 0 fully saturated rings. The predicted molar refractivity (Wildman–Crippen MR) is 77.8 cm³/mol. The van der Waals surface area contributed by atoms with E-state index in [1.807, 2.05) is 0 Å². The largest absolute Gasteiger partial charge is 0.479 e. The first-order valence-electron chi connectivity index (χ1n) is 6.27. The second-order valence-electron chi connectivity index (χ2n) is 4.69. The molecule has 0 spiro atoms. The molecule has 1 unspecified atom stereocenters. The molecule has 0 aliphatic heterocycles. The summed E-state index contributed by atoms with van der Waals surface area (Å²) in [5, 5.41) is 12.4. The van der Waals surface area contributed by atoms with E-state index in [9.17, 15) is 14.7 Å². The summed E-state index contributed by atoms with van der Waals surface area (Å²) in [4.78, 5) is 26.8. The molecular weight excluding hydrogens is 270 g/mol. The van der Waals surface area contributed by atoms with E-state index in [0.717, 1.165) is 0 Å². The van der Waals surface area contributed by atoms with Crippen LogP contribution in [-0.4, -0.2) is 22.0 Å². The molecule has 108 valence electrons. The first kappa shape index (κ1) is 14.5. The number of nitrogens with one attached hydrogen (secondary N) is 1. The molecule has 6 nitrogen and oxygen atoms in total. The molecule has 0 radical (unpaired) electrons. The van der Waals surface area contributed by atoms with Gasteiger partial charge in [0, 0.05) is 0 Å². The molecule has 1 aromatic carbocycles. The Bertz CT molecular complexity index is 673. The first-order valence-corrected chi connectivity index (χ1v) is 6.27. The van der Waals surface area contributed by atoms with Gasteiger partial charge in [-0.3, -0.25) is 4.79 Å². The van der Waals surface area contributed by atoms with Gasteiger partial charge in [-0.2, -0.15) is 0 Å². The summed E-state index contributed by atoms with van der Waals surface area (Å²) < 4.78 is 0. The smallest absolute Gasteiger partial charge is 0.333 e. The van der Waals surface area contributed by atoms with Gasteiger partial charge in [-0.15, -0.1) is 0 Å². The van der Waals surface area contributed by atoms with Crippen LogP contribution in [0.4, 0.5) is 5.82 Å². The normalized spacial score (nSPS) is 13.2. The Hall–Kier alpha value is -2.89. The Balaban J connectivity index is 2.40. The van der Waals surface area contributed by atoms with E-state index in [0.29, 0.717) is 5.56 Å². The Morgan fingerprint density at radius 2 is 1.81 bits per heavy atom. The third kappa shape index (κ3) is 3.00. The number of anilines is 1. The number of nitrogens with zero attached hydrogens (tertiary/aromatic N) is 1. The van der Waals surface area contributed by atoms with E-state index < -0.39 is 17.4 Å². The number of aromatic nitrogens is 1. The molecule has 0 aliphatic rings. The van der Waals surface area contributed by atoms with Crippen LogP contribution in [0, 0.1) is 0 Å². The summed E-state index contributed by atoms with van der Waals surface area (Å²) in [6, 6.07) is 13.4. The number of amides is 1. The second kappa shape index (κ2) is 5.62. The standard InChI is InChI=1S/C15H15N3O3/c1-15(14(20)21,10-6-3-2-4-7-10)18-12-9-5-8-11(17-12)13(16)19/h2-9H,1H3,(H2,16,19)(H,17,18)(H,20,21). The molecule has 1 amide bonds. The molecule has 1 atom stereocenters. The minimum atomic E-state index is -1.37. The minimum absolute atomic E-state index is 0.0702. The number of carboxylic acids is 1. The number of aliphatic carboxylic acids is 1. The number of pyridine rings is 1. The van der Waals surface area contributed by atoms with Crippen molar-refractivity contribution in [2.24, 2.45) is 5.73 Å². The van der Waals surface area contributed by atoms with Crippen molar-refractivity contribution >= 4 is 17.7 Å². The lowest BCUT2D eigenvalue weighted by Crippen LogP contribution is -2.40. The number of rotatable bonds is 5. The number of carboxylic acid groups (broad SMARTS) is 1. The van der Waals surface area contributed by atoms with Gasteiger partial charge in [-0.25, -0.2) is 9.78 Å². The number of benzene rings is 1. The predicted octanol–water partition coefficient (Wildman–Crippen LogP) is 1.59. The zero-order valence-corrected chi connectivity index (χ0v) is 11.4. The van der Waals surface area contributed by atoms with Gasteiger partial charge in [-0.1, -0.05) is 36.4 Å². The Labute approximate surface area is 121 Å². The summed E-state index contributed by atoms with van der Waals surface area (Å²) in [5.41, 5.74) is 4.44. The van der Waals surface area contributed by atoms with Gasteiger partial charge in [-0.05, 0) is 24.6 Å². The summed E-state index contributed by atoms with van der Waals surface area (Å²) in [7, 11) is 0. The molecule has 0 bridgehead atoms. The fourth-order valence-electron chi connectivity index (χ4n) is 1.92. The molecule has 2 aromatic rings. The monoisotopic (exact) mass is 285 g/mol. The molecule has 21 heavy (non-hydrogen) atoms. The average Bonchev–Trinajstić information content (AvgIpc) is 2.48. The van der Waals surface area contributed by atoms with Gasteiger partial charge in [0.15, 0.2) is 5.54 Å². The van der Waals surface area contributed by atoms with Crippen LogP contribution in [0.3, 0.4) is 0 Å². The highest BCUT2D eigenvalue weighted by Gasteiger charge is 2.35. The molecule has 2 rings (SSSR count). The summed E-state index contributed by atoms with van der Waals surface area (Å²) in [6.45, 7) is 1.53. The Morgan fingerprint density at radius 1 is 1.14 bits per heavy atom. The van der Waals surface area contributed by atoms with E-state index in [1.54, 1.807) is 42.5 Å². The highest BCUT2D eigenvalue weighted by Crippen LogP contribution is 2.25. The van der Waals surface area contributed by atoms with E-state index in [1.165, 1.54) is 13.0 Å². The van der Waals surface area contributed by atoms with E-state index in [2.05, 4.69) is 10.3 Å². The van der Waals surface area contributed by atoms with Crippen molar-refractivity contribution in [3.05, 3.63) is 59.8 Å². The van der Waals surface area contributed by atoms with Gasteiger partial charge >= 0.3 is 5.97 Å². The topological polar surface area (TPSA) is 105 Å². The van der Waals surface area contributed by atoms with Gasteiger partial charge < -0.3 is 16.2 Å². The van der Waals surface area contributed by atoms with Crippen LogP contribution in [0.2, 0.25) is 0 Å². The molecule has 1 heterocycles. The van der Waals surface area contributed by atoms with Crippen molar-refractivity contribution in [3.8, 4) is 0 Å². The number of carbonyl (C=O) groups is 2. The number of hydrogen-bond acceptors (Lipinski definition) is 4. The van der Waals surface area contributed by atoms with Gasteiger partial charge in [0.05, 0.1) is 0 Å². The van der Waals surface area contributed by atoms with Crippen LogP contribution in [0.25, 0.3) is 0 Å². The van der Waals surface area contributed by atoms with Gasteiger partial charge in [0.2, 0.25) is 0 Å². The van der Waals surface area contributed by atoms with E-state index in [4.69, 9.17) is 5.73 Å². The third-order valence-corrected chi connectivity index (χ3v) is 3.16. The lowest BCUT2D eigenvalue weighted by molar-refractivity contribution is -0.142. The maximum Gasteiger partial charge on any atom is 0.333 e. The van der Waals surface area contributed by atoms with Crippen LogP contribution in [-0.2, 0) is 10.3 Å². The first-order chi connectivity index (χ1) is 9.93. The van der Waals surface area contributed by atoms with Gasteiger partial charge in [0.1, 0.15) is 11.5 Å². The van der Waals surface area contributed by atoms with Crippen molar-refractivity contribution in [2.75, 3.05) is 5.32 Å². The zero-order chi connectivity index (χ0) is 15.5. The molecule has 0 saturated carbocycles. The van der Waals surface area contributed by atoms with Crippen LogP contribution in [0.5, 0.6) is 0 Å². The van der Waals surface area contributed by atoms with Crippen molar-refractivity contribution < 1.29 is 14.7 Å². The quantitative estimate of drug-likeness (QED) is 0.773. The third-order valence-electron chi connectivity index (χ3n) is 3.16. The SMILES string of the molecule is CC(Nc1cccc(C(N)=O)n1)(C(=O)O)c1ccccc1. The van der Waals surface area contributed by atoms with E-state index in [-0.39, 0.29) is 11.5 Å². The number of carbonyl (C=O) groups excluding carboxylic acids is 1. The number of nitrogens with two attached hydrogens (primary N) is 1. The lowest BCUT2D eigenvalue weighted by atomic mass is 9.92. The fraction of sp³-hybridized carbons (Fsp3) is 0.133. The molecule has 1 aromatic heterocycles. The van der Waals surface area contributed by atoms with Crippen LogP contribution in [0.15, 0.2) is 48.5 Å². The highest BCUT2D eigenvalue weighted by atomic mass is 16.4. The molecule has 6 heteroatoms. The summed E-state index contributed by atoms with van der Waals surface area (Å²) >= 11 is 0. The summed E-state index contributed by atoms with van der Waals surface area (Å²) in [6.07, 6.45) is 0. The van der Waals surface area contributed by atoms with Crippen LogP contribution < -0.4 is 11.1 Å². The van der Waals surface area contributed by atoms with E-state index >= 15 is 0 Å². The molecule has 0 saturated heterocycles. The molecular formula is C15H15N3O3. The lowest BCUT2D eigenvalue weighted by Gasteiger charge is -2.27. The van der Waals surface area contributed by atoms with Crippen LogP contribution >= 0.6 is 0 Å². The second-order valence-corrected chi connectivity index (χ2v) is 4.69. The summed E-state index contributed by atoms with van der Waals surface area (Å²) in [5.74, 6) is -1.46. The van der Waals surface area contributed by atoms with Gasteiger partial charge in [0.25, 0.3) is 5.91 Å². The Kier molecular flexibility index (Phi) is 3.89. The van der Waals surface area contributed by atoms with Crippen molar-refractivity contribution in [1.29, 1.82) is 0 Å². The average molecular weight is 285 g/mol. The number of hydrogen-bond donors (Lipinski definition) is 3. The maximum absolute atomic E-state index is 11.7.